The van der Waals surface area contributed by atoms with E-state index in [1.54, 1.807) is 13.0 Å². The monoisotopic (exact) mass is 230 g/mol. The molecule has 0 atom stereocenters. The maximum absolute atomic E-state index is 11.0. The molecule has 1 heterocycles. The Balaban J connectivity index is 2.67. The number of carbonyl (C=O) groups excluding carboxylic acids is 2. The van der Waals surface area contributed by atoms with Gasteiger partial charge in [0.2, 0.25) is 0 Å². The Morgan fingerprint density at radius 2 is 2.27 bits per heavy atom. The van der Waals surface area contributed by atoms with Gasteiger partial charge in [0.15, 0.2) is 0 Å². The summed E-state index contributed by atoms with van der Waals surface area (Å²) in [5, 5.41) is 3.48. The van der Waals surface area contributed by atoms with Crippen LogP contribution in [0.25, 0.3) is 0 Å². The zero-order valence-corrected chi connectivity index (χ0v) is 9.24. The van der Waals surface area contributed by atoms with E-state index >= 15 is 0 Å². The lowest BCUT2D eigenvalue weighted by Crippen LogP contribution is -2.13. The molecule has 15 heavy (non-hydrogen) atoms. The summed E-state index contributed by atoms with van der Waals surface area (Å²) in [5.74, 6) is -0.363. The molecule has 0 bridgehead atoms. The number of aromatic nitrogens is 2. The largest absolute Gasteiger partial charge is 0.464 e. The van der Waals surface area contributed by atoms with E-state index in [1.165, 1.54) is 11.6 Å². The first-order valence-corrected chi connectivity index (χ1v) is 4.76. The van der Waals surface area contributed by atoms with E-state index in [1.807, 2.05) is 0 Å². The maximum atomic E-state index is 11.0. The van der Waals surface area contributed by atoms with Gasteiger partial charge in [-0.2, -0.15) is 5.10 Å². The van der Waals surface area contributed by atoms with Crippen LogP contribution in [0.5, 0.6) is 0 Å². The third-order valence-corrected chi connectivity index (χ3v) is 1.91. The SMILES string of the molecule is CC(=O)OCCn1nc(C)cc1C(=O)Cl. The summed E-state index contributed by atoms with van der Waals surface area (Å²) in [6, 6.07) is 1.59. The molecule has 0 fully saturated rings. The molecule has 0 amide bonds. The highest BCUT2D eigenvalue weighted by Gasteiger charge is 2.11. The highest BCUT2D eigenvalue weighted by molar-refractivity contribution is 6.67. The van der Waals surface area contributed by atoms with E-state index in [9.17, 15) is 9.59 Å². The third kappa shape index (κ3) is 3.36. The predicted molar refractivity (Wildman–Crippen MR) is 53.8 cm³/mol. The smallest absolute Gasteiger partial charge is 0.302 e. The minimum absolute atomic E-state index is 0.174. The van der Waals surface area contributed by atoms with Gasteiger partial charge < -0.3 is 4.74 Å². The molecule has 0 saturated heterocycles. The van der Waals surface area contributed by atoms with E-state index in [0.29, 0.717) is 17.9 Å². The Labute approximate surface area is 92.0 Å². The fourth-order valence-corrected chi connectivity index (χ4v) is 1.30. The normalized spacial score (nSPS) is 10.1. The lowest BCUT2D eigenvalue weighted by Gasteiger charge is -2.04. The Kier molecular flexibility index (Phi) is 3.85. The number of hydrogen-bond acceptors (Lipinski definition) is 4. The molecule has 0 aliphatic carbocycles. The first-order valence-electron chi connectivity index (χ1n) is 4.38. The van der Waals surface area contributed by atoms with E-state index in [0.717, 1.165) is 0 Å². The van der Waals surface area contributed by atoms with Crippen molar-refractivity contribution in [3.8, 4) is 0 Å². The van der Waals surface area contributed by atoms with Crippen LogP contribution >= 0.6 is 11.6 Å². The fraction of sp³-hybridized carbons (Fsp3) is 0.444. The summed E-state index contributed by atoms with van der Waals surface area (Å²) in [4.78, 5) is 21.5. The number of halogens is 1. The van der Waals surface area contributed by atoms with E-state index in [2.05, 4.69) is 5.10 Å². The van der Waals surface area contributed by atoms with Gasteiger partial charge in [-0.3, -0.25) is 14.3 Å². The summed E-state index contributed by atoms with van der Waals surface area (Å²) in [6.45, 7) is 3.57. The standard InChI is InChI=1S/C9H11ClN2O3/c1-6-5-8(9(10)14)12(11-6)3-4-15-7(2)13/h5H,3-4H2,1-2H3. The molecule has 0 saturated carbocycles. The zero-order chi connectivity index (χ0) is 11.4. The van der Waals surface area contributed by atoms with Gasteiger partial charge in [0, 0.05) is 6.92 Å². The van der Waals surface area contributed by atoms with Crippen LogP contribution in [-0.4, -0.2) is 27.6 Å². The molecule has 1 aromatic heterocycles. The van der Waals surface area contributed by atoms with Gasteiger partial charge in [0.25, 0.3) is 5.24 Å². The van der Waals surface area contributed by atoms with Crippen molar-refractivity contribution in [2.24, 2.45) is 0 Å². The minimum Gasteiger partial charge on any atom is -0.464 e. The van der Waals surface area contributed by atoms with Gasteiger partial charge in [-0.05, 0) is 24.6 Å². The van der Waals surface area contributed by atoms with Gasteiger partial charge in [-0.25, -0.2) is 0 Å². The molecule has 1 rings (SSSR count). The molecular formula is C9H11ClN2O3. The number of nitrogens with zero attached hydrogens (tertiary/aromatic N) is 2. The van der Waals surface area contributed by atoms with Gasteiger partial charge in [0.05, 0.1) is 12.2 Å². The van der Waals surface area contributed by atoms with E-state index in [4.69, 9.17) is 16.3 Å². The van der Waals surface area contributed by atoms with Crippen molar-refractivity contribution < 1.29 is 14.3 Å². The van der Waals surface area contributed by atoms with Crippen LogP contribution in [0.1, 0.15) is 23.1 Å². The summed E-state index contributed by atoms with van der Waals surface area (Å²) in [5.41, 5.74) is 1.00. The predicted octanol–water partition coefficient (Wildman–Crippen LogP) is 1.13. The number of aryl methyl sites for hydroxylation is 1. The highest BCUT2D eigenvalue weighted by Crippen LogP contribution is 2.06. The number of carbonyl (C=O) groups is 2. The van der Waals surface area contributed by atoms with E-state index in [-0.39, 0.29) is 12.6 Å². The molecule has 82 valence electrons. The second kappa shape index (κ2) is 4.93. The second-order valence-corrected chi connectivity index (χ2v) is 3.35. The summed E-state index contributed by atoms with van der Waals surface area (Å²) in [6.07, 6.45) is 0. The van der Waals surface area contributed by atoms with Crippen LogP contribution in [0, 0.1) is 6.92 Å². The molecule has 5 nitrogen and oxygen atoms in total. The van der Waals surface area contributed by atoms with Crippen LogP contribution in [0.15, 0.2) is 6.07 Å². The van der Waals surface area contributed by atoms with Crippen molar-refractivity contribution in [1.29, 1.82) is 0 Å². The summed E-state index contributed by atoms with van der Waals surface area (Å²) in [7, 11) is 0. The minimum atomic E-state index is -0.571. The van der Waals surface area contributed by atoms with Crippen molar-refractivity contribution in [1.82, 2.24) is 9.78 Å². The maximum Gasteiger partial charge on any atom is 0.302 e. The molecule has 0 N–H and O–H groups in total. The number of ether oxygens (including phenoxy) is 1. The van der Waals surface area contributed by atoms with Crippen LogP contribution < -0.4 is 0 Å². The number of rotatable bonds is 4. The third-order valence-electron chi connectivity index (χ3n) is 1.71. The lowest BCUT2D eigenvalue weighted by atomic mass is 10.4. The van der Waals surface area contributed by atoms with Crippen molar-refractivity contribution in [2.75, 3.05) is 6.61 Å². The molecule has 0 unspecified atom stereocenters. The summed E-state index contributed by atoms with van der Waals surface area (Å²) < 4.78 is 6.16. The van der Waals surface area contributed by atoms with Crippen LogP contribution in [0.2, 0.25) is 0 Å². The Bertz CT molecular complexity index is 387. The van der Waals surface area contributed by atoms with Crippen LogP contribution in [0.4, 0.5) is 0 Å². The quantitative estimate of drug-likeness (QED) is 0.575. The molecule has 0 aliphatic rings. The average Bonchev–Trinajstić information content (AvgIpc) is 2.46. The second-order valence-electron chi connectivity index (χ2n) is 3.01. The molecule has 0 aliphatic heterocycles. The van der Waals surface area contributed by atoms with Crippen molar-refractivity contribution in [3.63, 3.8) is 0 Å². The summed E-state index contributed by atoms with van der Waals surface area (Å²) >= 11 is 5.36. The average molecular weight is 231 g/mol. The van der Waals surface area contributed by atoms with Gasteiger partial charge in [-0.15, -0.1) is 0 Å². The van der Waals surface area contributed by atoms with Gasteiger partial charge >= 0.3 is 5.97 Å². The van der Waals surface area contributed by atoms with E-state index < -0.39 is 5.24 Å². The molecule has 0 aromatic carbocycles. The van der Waals surface area contributed by atoms with Gasteiger partial charge in [0.1, 0.15) is 12.3 Å². The molecular weight excluding hydrogens is 220 g/mol. The van der Waals surface area contributed by atoms with Crippen molar-refractivity contribution in [2.45, 2.75) is 20.4 Å². The van der Waals surface area contributed by atoms with Gasteiger partial charge in [-0.1, -0.05) is 0 Å². The fourth-order valence-electron chi connectivity index (χ4n) is 1.15. The molecule has 6 heteroatoms. The molecule has 0 radical (unpaired) electrons. The van der Waals surface area contributed by atoms with Crippen molar-refractivity contribution in [3.05, 3.63) is 17.5 Å². The Hall–Kier alpha value is -1.36. The molecule has 0 spiro atoms. The molecule has 1 aromatic rings. The van der Waals surface area contributed by atoms with Crippen LogP contribution in [-0.2, 0) is 16.1 Å². The topological polar surface area (TPSA) is 61.2 Å². The van der Waals surface area contributed by atoms with Crippen molar-refractivity contribution >= 4 is 22.8 Å². The number of hydrogen-bond donors (Lipinski definition) is 0. The zero-order valence-electron chi connectivity index (χ0n) is 8.49. The highest BCUT2D eigenvalue weighted by atomic mass is 35.5. The Morgan fingerprint density at radius 1 is 1.60 bits per heavy atom. The number of esters is 1. The van der Waals surface area contributed by atoms with Crippen LogP contribution in [0.3, 0.4) is 0 Å². The first kappa shape index (κ1) is 11.7. The first-order chi connectivity index (χ1) is 7.00. The lowest BCUT2D eigenvalue weighted by molar-refractivity contribution is -0.141. The Morgan fingerprint density at radius 3 is 2.80 bits per heavy atom.